The minimum absolute atomic E-state index is 0.00335. The van der Waals surface area contributed by atoms with Gasteiger partial charge >= 0.3 is 5.97 Å². The summed E-state index contributed by atoms with van der Waals surface area (Å²) in [6, 6.07) is 19.3. The maximum absolute atomic E-state index is 13.1. The highest BCUT2D eigenvalue weighted by Gasteiger charge is 2.41. The molecule has 0 radical (unpaired) electrons. The molecule has 0 spiro atoms. The van der Waals surface area contributed by atoms with Crippen molar-refractivity contribution in [3.63, 3.8) is 0 Å². The van der Waals surface area contributed by atoms with Gasteiger partial charge in [0.1, 0.15) is 0 Å². The van der Waals surface area contributed by atoms with Gasteiger partial charge in [-0.1, -0.05) is 72.4 Å². The number of carbonyl (C=O) groups excluding carboxylic acids is 2. The Morgan fingerprint density at radius 3 is 2.17 bits per heavy atom. The summed E-state index contributed by atoms with van der Waals surface area (Å²) < 4.78 is 0. The summed E-state index contributed by atoms with van der Waals surface area (Å²) in [5.41, 5.74) is 1.07. The van der Waals surface area contributed by atoms with Crippen LogP contribution in [-0.2, 0) is 9.59 Å². The van der Waals surface area contributed by atoms with Crippen molar-refractivity contribution in [3.05, 3.63) is 71.8 Å². The zero-order chi connectivity index (χ0) is 21.4. The van der Waals surface area contributed by atoms with Crippen LogP contribution < -0.4 is 5.32 Å². The van der Waals surface area contributed by atoms with E-state index in [-0.39, 0.29) is 23.9 Å². The number of hydrogen-bond donors (Lipinski definition) is 2. The van der Waals surface area contributed by atoms with Crippen molar-refractivity contribution in [1.82, 2.24) is 5.32 Å². The molecule has 158 valence electrons. The van der Waals surface area contributed by atoms with Crippen LogP contribution >= 0.6 is 11.8 Å². The van der Waals surface area contributed by atoms with Crippen LogP contribution in [-0.4, -0.2) is 39.8 Å². The first-order valence-electron chi connectivity index (χ1n) is 10.3. The maximum atomic E-state index is 13.1. The topological polar surface area (TPSA) is 83.5 Å². The molecule has 1 aliphatic carbocycles. The molecular weight excluding hydrogens is 398 g/mol. The predicted molar refractivity (Wildman–Crippen MR) is 119 cm³/mol. The van der Waals surface area contributed by atoms with Crippen LogP contribution in [0.4, 0.5) is 0 Å². The van der Waals surface area contributed by atoms with Crippen molar-refractivity contribution < 1.29 is 19.5 Å². The number of carboxylic acid groups (broad SMARTS) is 1. The van der Waals surface area contributed by atoms with E-state index in [4.69, 9.17) is 5.11 Å². The van der Waals surface area contributed by atoms with E-state index in [1.54, 1.807) is 12.1 Å². The molecule has 0 aliphatic heterocycles. The summed E-state index contributed by atoms with van der Waals surface area (Å²) >= 11 is 1.14. The third-order valence-corrected chi connectivity index (χ3v) is 6.70. The molecule has 0 heterocycles. The second-order valence-electron chi connectivity index (χ2n) is 7.69. The van der Waals surface area contributed by atoms with E-state index in [9.17, 15) is 14.4 Å². The number of rotatable bonds is 9. The average Bonchev–Trinajstić information content (AvgIpc) is 2.79. The lowest BCUT2D eigenvalue weighted by atomic mass is 9.71. The monoisotopic (exact) mass is 425 g/mol. The molecule has 2 aromatic rings. The van der Waals surface area contributed by atoms with Gasteiger partial charge < -0.3 is 5.11 Å². The minimum Gasteiger partial charge on any atom is -0.480 e. The van der Waals surface area contributed by atoms with Crippen molar-refractivity contribution >= 4 is 28.6 Å². The Kier molecular flexibility index (Phi) is 7.82. The van der Waals surface area contributed by atoms with Gasteiger partial charge in [-0.25, -0.2) is 0 Å². The van der Waals surface area contributed by atoms with E-state index in [0.717, 1.165) is 24.6 Å². The van der Waals surface area contributed by atoms with Crippen LogP contribution in [0.15, 0.2) is 60.7 Å². The van der Waals surface area contributed by atoms with Crippen molar-refractivity contribution in [1.29, 1.82) is 0 Å². The van der Waals surface area contributed by atoms with E-state index in [1.165, 1.54) is 5.56 Å². The molecule has 2 N–H and O–H groups in total. The molecule has 1 aliphatic rings. The van der Waals surface area contributed by atoms with Crippen LogP contribution in [0.5, 0.6) is 0 Å². The molecule has 1 fully saturated rings. The van der Waals surface area contributed by atoms with Gasteiger partial charge in [-0.15, -0.1) is 0 Å². The third kappa shape index (κ3) is 5.80. The molecule has 0 unspecified atom stereocenters. The summed E-state index contributed by atoms with van der Waals surface area (Å²) in [6.45, 7) is -0.238. The number of carbonyl (C=O) groups is 3. The van der Waals surface area contributed by atoms with E-state index in [1.807, 2.05) is 36.4 Å². The molecule has 0 aromatic heterocycles. The third-order valence-electron chi connectivity index (χ3n) is 5.79. The van der Waals surface area contributed by atoms with E-state index in [2.05, 4.69) is 17.4 Å². The van der Waals surface area contributed by atoms with Gasteiger partial charge in [-0.05, 0) is 37.2 Å². The maximum Gasteiger partial charge on any atom is 0.317 e. The van der Waals surface area contributed by atoms with Crippen LogP contribution in [0, 0.1) is 0 Å². The second kappa shape index (κ2) is 10.5. The van der Waals surface area contributed by atoms with Gasteiger partial charge in [0, 0.05) is 17.7 Å². The molecule has 0 saturated heterocycles. The lowest BCUT2D eigenvalue weighted by Gasteiger charge is -2.40. The van der Waals surface area contributed by atoms with E-state index < -0.39 is 11.5 Å². The molecular formula is C24H27NO4S. The summed E-state index contributed by atoms with van der Waals surface area (Å²) in [4.78, 5) is 36.5. The fourth-order valence-electron chi connectivity index (χ4n) is 4.10. The van der Waals surface area contributed by atoms with Crippen LogP contribution in [0.25, 0.3) is 0 Å². The van der Waals surface area contributed by atoms with Crippen molar-refractivity contribution in [2.75, 3.05) is 12.3 Å². The normalized spacial score (nSPS) is 21.1. The quantitative estimate of drug-likeness (QED) is 0.624. The first-order chi connectivity index (χ1) is 14.5. The highest BCUT2D eigenvalue weighted by atomic mass is 32.2. The lowest BCUT2D eigenvalue weighted by molar-refractivity contribution is -0.137. The zero-order valence-corrected chi connectivity index (χ0v) is 17.7. The largest absolute Gasteiger partial charge is 0.480 e. The SMILES string of the molecule is O=C(O)CNC1(C(=O)CCSC(=O)c2ccccc2)CCC(c2ccccc2)CC1. The smallest absolute Gasteiger partial charge is 0.317 e. The van der Waals surface area contributed by atoms with Gasteiger partial charge in [-0.3, -0.25) is 19.7 Å². The van der Waals surface area contributed by atoms with Gasteiger partial charge in [0.15, 0.2) is 5.78 Å². The Balaban J connectivity index is 1.59. The summed E-state index contributed by atoms with van der Waals surface area (Å²) in [6.07, 6.45) is 3.12. The van der Waals surface area contributed by atoms with Gasteiger partial charge in [0.25, 0.3) is 0 Å². The fourth-order valence-corrected chi connectivity index (χ4v) is 4.88. The Hall–Kier alpha value is -2.44. The van der Waals surface area contributed by atoms with Crippen molar-refractivity contribution in [2.24, 2.45) is 0 Å². The zero-order valence-electron chi connectivity index (χ0n) is 16.9. The van der Waals surface area contributed by atoms with E-state index >= 15 is 0 Å². The van der Waals surface area contributed by atoms with Gasteiger partial charge in [0.2, 0.25) is 5.12 Å². The molecule has 0 amide bonds. The number of aliphatic carboxylic acids is 1. The second-order valence-corrected chi connectivity index (χ2v) is 8.76. The van der Waals surface area contributed by atoms with Crippen molar-refractivity contribution in [2.45, 2.75) is 43.6 Å². The van der Waals surface area contributed by atoms with Crippen LogP contribution in [0.3, 0.4) is 0 Å². The molecule has 1 saturated carbocycles. The average molecular weight is 426 g/mol. The number of hydrogen-bond acceptors (Lipinski definition) is 5. The Labute approximate surface area is 181 Å². The highest BCUT2D eigenvalue weighted by Crippen LogP contribution is 2.39. The van der Waals surface area contributed by atoms with Crippen LogP contribution in [0.1, 0.15) is 53.9 Å². The summed E-state index contributed by atoms with van der Waals surface area (Å²) in [7, 11) is 0. The predicted octanol–water partition coefficient (Wildman–Crippen LogP) is 4.29. The van der Waals surface area contributed by atoms with Gasteiger partial charge in [0.05, 0.1) is 12.1 Å². The molecule has 30 heavy (non-hydrogen) atoms. The molecule has 2 aromatic carbocycles. The molecule has 3 rings (SSSR count). The first kappa shape index (κ1) is 22.2. The number of nitrogens with one attached hydrogen (secondary N) is 1. The first-order valence-corrected chi connectivity index (χ1v) is 11.3. The minimum atomic E-state index is -0.971. The Bertz CT molecular complexity index is 861. The number of ketones is 1. The summed E-state index contributed by atoms with van der Waals surface area (Å²) in [5.74, 6) is -0.192. The van der Waals surface area contributed by atoms with Crippen molar-refractivity contribution in [3.8, 4) is 0 Å². The number of benzene rings is 2. The lowest BCUT2D eigenvalue weighted by Crippen LogP contribution is -2.55. The summed E-state index contributed by atoms with van der Waals surface area (Å²) in [5, 5.41) is 12.1. The Morgan fingerprint density at radius 1 is 0.967 bits per heavy atom. The van der Waals surface area contributed by atoms with Crippen LogP contribution in [0.2, 0.25) is 0 Å². The molecule has 0 bridgehead atoms. The number of carboxylic acids is 1. The fraction of sp³-hybridized carbons (Fsp3) is 0.375. The highest BCUT2D eigenvalue weighted by molar-refractivity contribution is 8.14. The molecule has 5 nitrogen and oxygen atoms in total. The van der Waals surface area contributed by atoms with E-state index in [0.29, 0.717) is 30.1 Å². The number of thioether (sulfide) groups is 1. The Morgan fingerprint density at radius 2 is 1.57 bits per heavy atom. The standard InChI is InChI=1S/C24H27NO4S/c26-21(13-16-30-23(29)20-9-5-2-6-10-20)24(25-17-22(27)28)14-11-19(12-15-24)18-7-3-1-4-8-18/h1-10,19,25H,11-17H2,(H,27,28). The molecule has 0 atom stereocenters. The number of Topliss-reactive ketones (excluding diaryl/α,β-unsaturated/α-hetero) is 1. The van der Waals surface area contributed by atoms with Gasteiger partial charge in [-0.2, -0.15) is 0 Å². The molecule has 6 heteroatoms.